The number of cyclic esters (lactones) is 1. The Morgan fingerprint density at radius 2 is 1.58 bits per heavy atom. The van der Waals surface area contributed by atoms with E-state index in [0.717, 1.165) is 5.69 Å². The lowest BCUT2D eigenvalue weighted by atomic mass is 9.74. The molecule has 0 aliphatic carbocycles. The summed E-state index contributed by atoms with van der Waals surface area (Å²) >= 11 is 0. The van der Waals surface area contributed by atoms with Crippen molar-refractivity contribution in [2.75, 3.05) is 48.6 Å². The van der Waals surface area contributed by atoms with E-state index in [1.54, 1.807) is 95.6 Å². The maximum Gasteiger partial charge on any atom is 0.311 e. The number of hydrogen-bond donors (Lipinski definition) is 6. The lowest BCUT2D eigenvalue weighted by Gasteiger charge is -2.50. The number of likely N-dealkylation sites (N-methyl/N-ethyl adjacent to an activating group) is 1. The van der Waals surface area contributed by atoms with Gasteiger partial charge in [0.2, 0.25) is 5.91 Å². The zero-order valence-electron chi connectivity index (χ0n) is 47.3. The van der Waals surface area contributed by atoms with Gasteiger partial charge < -0.3 is 73.8 Å². The quantitative estimate of drug-likeness (QED) is 0.117. The molecule has 22 heteroatoms. The van der Waals surface area contributed by atoms with Gasteiger partial charge in [-0.05, 0) is 99.6 Å². The van der Waals surface area contributed by atoms with E-state index in [9.17, 15) is 44.3 Å². The van der Waals surface area contributed by atoms with Gasteiger partial charge in [-0.3, -0.25) is 14.4 Å². The molecule has 6 N–H and O–H groups in total. The topological polar surface area (TPSA) is 266 Å². The number of ketones is 1. The van der Waals surface area contributed by atoms with Crippen LogP contribution < -0.4 is 5.32 Å². The molecule has 4 heterocycles. The Morgan fingerprint density at radius 1 is 0.934 bits per heavy atom. The van der Waals surface area contributed by atoms with Crippen LogP contribution in [0.5, 0.6) is 0 Å². The average molecular weight is 1080 g/mol. The first-order chi connectivity index (χ1) is 35.5. The van der Waals surface area contributed by atoms with Crippen molar-refractivity contribution in [2.24, 2.45) is 23.7 Å². The number of aromatic nitrogens is 3. The molecule has 3 saturated heterocycles. The highest BCUT2D eigenvalue weighted by atomic mass is 19.1. The predicted molar refractivity (Wildman–Crippen MR) is 276 cm³/mol. The number of nitrogens with one attached hydrogen (secondary N) is 1. The number of benzene rings is 1. The van der Waals surface area contributed by atoms with Gasteiger partial charge in [0.05, 0.1) is 71.3 Å². The first-order valence-corrected chi connectivity index (χ1v) is 26.7. The fourth-order valence-electron chi connectivity index (χ4n) is 11.3. The molecule has 21 nitrogen and oxygen atoms in total. The molecule has 5 rings (SSSR count). The highest BCUT2D eigenvalue weighted by Crippen LogP contribution is 2.42. The Kier molecular flexibility index (Phi) is 22.1. The monoisotopic (exact) mass is 1080 g/mol. The minimum Gasteiger partial charge on any atom is -0.459 e. The number of carbonyl (C=O) groups excluding carboxylic acids is 3. The number of aliphatic hydroxyl groups excluding tert-OH is 4. The number of halogens is 1. The summed E-state index contributed by atoms with van der Waals surface area (Å²) in [6, 6.07) is 4.82. The maximum atomic E-state index is 14.5. The number of ether oxygens (including phenoxy) is 7. The van der Waals surface area contributed by atoms with Crippen LogP contribution in [-0.2, 0) is 54.1 Å². The largest absolute Gasteiger partial charge is 0.459 e. The minimum absolute atomic E-state index is 0.00193. The van der Waals surface area contributed by atoms with Gasteiger partial charge in [0.25, 0.3) is 0 Å². The number of rotatable bonds is 18. The third-order valence-corrected chi connectivity index (χ3v) is 16.3. The molecular formula is C54H89FN6O15. The number of carbonyl (C=O) groups is 3. The van der Waals surface area contributed by atoms with Crippen molar-refractivity contribution in [3.8, 4) is 5.69 Å². The fraction of sp³-hybridized carbons (Fsp3) is 0.796. The number of methoxy groups -OCH3 is 2. The van der Waals surface area contributed by atoms with E-state index in [1.807, 2.05) is 25.9 Å². The van der Waals surface area contributed by atoms with Crippen LogP contribution in [0.1, 0.15) is 119 Å². The molecule has 0 bridgehead atoms. The van der Waals surface area contributed by atoms with Crippen molar-refractivity contribution < 1.29 is 77.5 Å². The van der Waals surface area contributed by atoms with Crippen molar-refractivity contribution in [2.45, 2.75) is 204 Å². The number of aliphatic hydroxyl groups is 5. The summed E-state index contributed by atoms with van der Waals surface area (Å²) in [7, 11) is 8.51. The number of nitrogens with zero attached hydrogens (tertiary/aromatic N) is 5. The molecule has 6 unspecified atom stereocenters. The third-order valence-electron chi connectivity index (χ3n) is 16.3. The maximum absolute atomic E-state index is 14.5. The molecule has 3 aliphatic heterocycles. The molecule has 20 atom stereocenters. The van der Waals surface area contributed by atoms with Crippen LogP contribution >= 0.6 is 0 Å². The van der Waals surface area contributed by atoms with E-state index in [1.165, 1.54) is 28.1 Å². The van der Waals surface area contributed by atoms with Crippen molar-refractivity contribution >= 4 is 17.7 Å². The molecular weight excluding hydrogens is 992 g/mol. The van der Waals surface area contributed by atoms with Crippen molar-refractivity contribution in [3.05, 3.63) is 41.7 Å². The van der Waals surface area contributed by atoms with Gasteiger partial charge in [-0.25, -0.2) is 9.07 Å². The highest BCUT2D eigenvalue weighted by Gasteiger charge is 2.54. The second-order valence-electron chi connectivity index (χ2n) is 22.7. The van der Waals surface area contributed by atoms with Crippen LogP contribution in [0.25, 0.3) is 5.69 Å². The van der Waals surface area contributed by atoms with Gasteiger partial charge in [-0.15, -0.1) is 5.10 Å². The van der Waals surface area contributed by atoms with Gasteiger partial charge in [0.1, 0.15) is 42.5 Å². The number of esters is 1. The van der Waals surface area contributed by atoms with Gasteiger partial charge in [-0.2, -0.15) is 0 Å². The summed E-state index contributed by atoms with van der Waals surface area (Å²) in [5, 5.41) is 68.9. The molecule has 3 fully saturated rings. The average Bonchev–Trinajstić information content (AvgIpc) is 3.85. The second kappa shape index (κ2) is 26.6. The van der Waals surface area contributed by atoms with E-state index in [-0.39, 0.29) is 32.2 Å². The molecule has 432 valence electrons. The molecule has 1 aromatic carbocycles. The van der Waals surface area contributed by atoms with Gasteiger partial charge in [-0.1, -0.05) is 45.0 Å². The van der Waals surface area contributed by atoms with Crippen LogP contribution in [0.15, 0.2) is 30.5 Å². The number of alkyl halides is 1. The van der Waals surface area contributed by atoms with Gasteiger partial charge in [0, 0.05) is 63.9 Å². The smallest absolute Gasteiger partial charge is 0.311 e. The fourth-order valence-corrected chi connectivity index (χ4v) is 11.3. The minimum atomic E-state index is -2.04. The van der Waals surface area contributed by atoms with E-state index in [2.05, 4.69) is 15.6 Å². The molecule has 0 saturated carbocycles. The molecule has 1 aromatic heterocycles. The summed E-state index contributed by atoms with van der Waals surface area (Å²) in [5.41, 5.74) is -2.71. The summed E-state index contributed by atoms with van der Waals surface area (Å²) in [6.07, 6.45) is -10.4. The van der Waals surface area contributed by atoms with Gasteiger partial charge >= 0.3 is 5.97 Å². The first kappa shape index (κ1) is 63.2. The standard InChI is InChI=1S/C54H89FN6O15/c1-16-40-54(10,69)47(66)31(4)43(63)29(2)24-53(9,71-15)49(32(5)46(33(6)50(68)74-40)75-42-25-52(8,70-14)48(67)34(7)73-42)76-51-45(65)39(23-30(3)72-51)60(13)22-21-41(62)56-38(26-55)44(64)35-17-19-37(20-18-35)61-28-36(57-58-61)27-59(11)12/h17-20,28-34,38-40,42,44-49,51,64-67,69H,16,21-27H2,1-15H3,(H,56,62)/t29-,30-,31+,32+,33-,34+,38?,39+,40-,42?,44?,45-,46+,47-,48+,49-,51+,52?,53?,54?/m1/s1. The van der Waals surface area contributed by atoms with E-state index in [4.69, 9.17) is 33.2 Å². The Hall–Kier alpha value is -3.62. The Bertz CT molecular complexity index is 2190. The second-order valence-corrected chi connectivity index (χ2v) is 22.7. The SMILES string of the molecule is CC[C@H]1OC(=O)[C@H](C)[C@@H](OC2CC(C)(OC)[C@@H](O)[C@H](C)O2)[C@H](C)[C@@H](O[C@@H]2O[C@H](C)C[C@H](N(C)CCC(=O)NC(CF)C(O)c3ccc(-n4cc(CN(C)C)nn4)cc3)[C@H]2O)C(C)(OC)C[C@@H](C)C(=O)[C@H](C)[C@@H](O)C1(C)O. The summed E-state index contributed by atoms with van der Waals surface area (Å²) in [6.45, 7) is 16.3. The van der Waals surface area contributed by atoms with Crippen LogP contribution in [0.3, 0.4) is 0 Å². The molecule has 76 heavy (non-hydrogen) atoms. The third kappa shape index (κ3) is 14.6. The van der Waals surface area contributed by atoms with E-state index < -0.39 is 144 Å². The zero-order chi connectivity index (χ0) is 56.8. The molecule has 2 aromatic rings. The summed E-state index contributed by atoms with van der Waals surface area (Å²) in [5.74, 6) is -5.59. The predicted octanol–water partition coefficient (Wildman–Crippen LogP) is 3.03. The van der Waals surface area contributed by atoms with Crippen LogP contribution in [0, 0.1) is 23.7 Å². The summed E-state index contributed by atoms with van der Waals surface area (Å²) < 4.78 is 60.6. The van der Waals surface area contributed by atoms with Crippen LogP contribution in [-0.4, -0.2) is 207 Å². The Balaban J connectivity index is 1.40. The van der Waals surface area contributed by atoms with Crippen molar-refractivity contribution in [1.29, 1.82) is 0 Å². The lowest BCUT2D eigenvalue weighted by molar-refractivity contribution is -0.319. The van der Waals surface area contributed by atoms with E-state index in [0.29, 0.717) is 24.2 Å². The summed E-state index contributed by atoms with van der Waals surface area (Å²) in [4.78, 5) is 45.9. The number of Topliss-reactive ketones (excluding diaryl/α,β-unsaturated/α-hetero) is 1. The van der Waals surface area contributed by atoms with Crippen LogP contribution in [0.2, 0.25) is 0 Å². The van der Waals surface area contributed by atoms with Crippen LogP contribution in [0.4, 0.5) is 4.39 Å². The Morgan fingerprint density at radius 3 is 2.17 bits per heavy atom. The Labute approximate surface area is 448 Å². The molecule has 1 amide bonds. The number of hydrogen-bond acceptors (Lipinski definition) is 19. The lowest BCUT2D eigenvalue weighted by Crippen LogP contribution is -2.61. The highest BCUT2D eigenvalue weighted by molar-refractivity contribution is 5.83. The normalized spacial score (nSPS) is 38.1. The van der Waals surface area contributed by atoms with Gasteiger partial charge in [0.15, 0.2) is 12.6 Å². The van der Waals surface area contributed by atoms with E-state index >= 15 is 0 Å². The van der Waals surface area contributed by atoms with Crippen molar-refractivity contribution in [3.63, 3.8) is 0 Å². The molecule has 3 aliphatic rings. The first-order valence-electron chi connectivity index (χ1n) is 26.7. The number of amides is 1. The molecule has 0 radical (unpaired) electrons. The molecule has 0 spiro atoms. The van der Waals surface area contributed by atoms with Crippen molar-refractivity contribution in [1.82, 2.24) is 30.1 Å². The zero-order valence-corrected chi connectivity index (χ0v) is 47.3.